The van der Waals surface area contributed by atoms with Crippen LogP contribution in [0.5, 0.6) is 0 Å². The highest BCUT2D eigenvalue weighted by molar-refractivity contribution is 7.71. The maximum atomic E-state index is 13.1. The number of amides is 1. The van der Waals surface area contributed by atoms with Gasteiger partial charge >= 0.3 is 0 Å². The maximum absolute atomic E-state index is 13.1. The molecule has 2 N–H and O–H groups in total. The molecule has 1 aromatic heterocycles. The number of halogens is 2. The van der Waals surface area contributed by atoms with Crippen LogP contribution >= 0.6 is 23.8 Å². The van der Waals surface area contributed by atoms with Crippen LogP contribution in [0.2, 0.25) is 5.02 Å². The summed E-state index contributed by atoms with van der Waals surface area (Å²) in [7, 11) is 0. The highest BCUT2D eigenvalue weighted by Gasteiger charge is 2.13. The van der Waals surface area contributed by atoms with E-state index >= 15 is 0 Å². The molecule has 2 rings (SSSR count). The second-order valence-electron chi connectivity index (χ2n) is 4.28. The van der Waals surface area contributed by atoms with Crippen molar-refractivity contribution in [2.75, 3.05) is 0 Å². The first-order valence-corrected chi connectivity index (χ1v) is 6.71. The Labute approximate surface area is 125 Å². The Morgan fingerprint density at radius 2 is 2.20 bits per heavy atom. The molecule has 1 heterocycles. The topological polar surface area (TPSA) is 44.9 Å². The smallest absolute Gasteiger partial charge is 0.254 e. The zero-order valence-electron chi connectivity index (χ0n) is 10.6. The van der Waals surface area contributed by atoms with Gasteiger partial charge in [0.05, 0.1) is 16.6 Å². The highest BCUT2D eigenvalue weighted by Crippen LogP contribution is 2.21. The van der Waals surface area contributed by atoms with Gasteiger partial charge in [0, 0.05) is 6.20 Å². The summed E-state index contributed by atoms with van der Waals surface area (Å²) in [4.78, 5) is 14.9. The molecule has 0 saturated carbocycles. The lowest BCUT2D eigenvalue weighted by Crippen LogP contribution is -2.27. The normalized spacial score (nSPS) is 11.9. The van der Waals surface area contributed by atoms with Crippen LogP contribution in [-0.4, -0.2) is 10.9 Å². The molecule has 0 radical (unpaired) electrons. The van der Waals surface area contributed by atoms with E-state index < -0.39 is 5.82 Å². The first kappa shape index (κ1) is 14.7. The number of carbonyl (C=O) groups is 1. The molecule has 6 heteroatoms. The van der Waals surface area contributed by atoms with Crippen molar-refractivity contribution in [2.45, 2.75) is 13.0 Å². The number of hydrogen-bond acceptors (Lipinski definition) is 2. The lowest BCUT2D eigenvalue weighted by Gasteiger charge is -2.14. The third-order valence-corrected chi connectivity index (χ3v) is 3.48. The lowest BCUT2D eigenvalue weighted by atomic mass is 10.1. The standard InChI is InChI=1S/C14H12ClFN2OS/c1-8(9-4-5-12(16)11(15)7-9)18-13(19)10-3-2-6-17-14(10)20/h2-8H,1H3,(H,17,20)(H,18,19). The number of aromatic nitrogens is 1. The molecule has 0 bridgehead atoms. The van der Waals surface area contributed by atoms with Crippen molar-refractivity contribution in [1.82, 2.24) is 10.3 Å². The predicted molar refractivity (Wildman–Crippen MR) is 78.9 cm³/mol. The molecule has 0 aliphatic rings. The molecule has 1 unspecified atom stereocenters. The summed E-state index contributed by atoms with van der Waals surface area (Å²) in [6, 6.07) is 7.37. The average Bonchev–Trinajstić information content (AvgIpc) is 2.42. The van der Waals surface area contributed by atoms with Crippen molar-refractivity contribution in [2.24, 2.45) is 0 Å². The molecular weight excluding hydrogens is 299 g/mol. The quantitative estimate of drug-likeness (QED) is 0.841. The van der Waals surface area contributed by atoms with Crippen molar-refractivity contribution < 1.29 is 9.18 Å². The van der Waals surface area contributed by atoms with Gasteiger partial charge in [-0.15, -0.1) is 0 Å². The van der Waals surface area contributed by atoms with Crippen LogP contribution in [0.4, 0.5) is 4.39 Å². The van der Waals surface area contributed by atoms with Crippen LogP contribution in [0, 0.1) is 10.5 Å². The molecule has 104 valence electrons. The van der Waals surface area contributed by atoms with Gasteiger partial charge in [-0.2, -0.15) is 0 Å². The summed E-state index contributed by atoms with van der Waals surface area (Å²) < 4.78 is 13.5. The van der Waals surface area contributed by atoms with Crippen molar-refractivity contribution in [3.05, 3.63) is 63.1 Å². The molecule has 1 aromatic carbocycles. The molecule has 2 aromatic rings. The van der Waals surface area contributed by atoms with Crippen molar-refractivity contribution in [3.8, 4) is 0 Å². The molecule has 3 nitrogen and oxygen atoms in total. The van der Waals surface area contributed by atoms with Crippen molar-refractivity contribution in [1.29, 1.82) is 0 Å². The number of nitrogens with one attached hydrogen (secondary N) is 2. The van der Waals surface area contributed by atoms with Crippen LogP contribution in [-0.2, 0) is 0 Å². The van der Waals surface area contributed by atoms with E-state index in [9.17, 15) is 9.18 Å². The van der Waals surface area contributed by atoms with E-state index in [2.05, 4.69) is 10.3 Å². The number of pyridine rings is 1. The van der Waals surface area contributed by atoms with E-state index in [4.69, 9.17) is 23.8 Å². The molecule has 1 atom stereocenters. The number of carbonyl (C=O) groups excluding carboxylic acids is 1. The van der Waals surface area contributed by atoms with Gasteiger partial charge in [0.15, 0.2) is 0 Å². The van der Waals surface area contributed by atoms with Crippen LogP contribution in [0.15, 0.2) is 36.5 Å². The fraction of sp³-hybridized carbons (Fsp3) is 0.143. The first-order chi connectivity index (χ1) is 9.49. The number of hydrogen-bond donors (Lipinski definition) is 2. The van der Waals surface area contributed by atoms with Gasteiger partial charge < -0.3 is 10.3 Å². The second-order valence-corrected chi connectivity index (χ2v) is 5.10. The molecule has 0 spiro atoms. The minimum Gasteiger partial charge on any atom is -0.352 e. The SMILES string of the molecule is CC(NC(=O)c1ccc[nH]c1=S)c1ccc(F)c(Cl)c1. The molecule has 0 aliphatic carbocycles. The third kappa shape index (κ3) is 3.23. The van der Waals surface area contributed by atoms with E-state index in [0.717, 1.165) is 5.56 Å². The van der Waals surface area contributed by atoms with Gasteiger partial charge in [-0.1, -0.05) is 29.9 Å². The summed E-state index contributed by atoms with van der Waals surface area (Å²) in [5.74, 6) is -0.778. The van der Waals surface area contributed by atoms with E-state index in [1.807, 2.05) is 0 Å². The van der Waals surface area contributed by atoms with Gasteiger partial charge in [0.2, 0.25) is 0 Å². The van der Waals surface area contributed by atoms with E-state index in [0.29, 0.717) is 10.2 Å². The Kier molecular flexibility index (Phi) is 4.52. The maximum Gasteiger partial charge on any atom is 0.254 e. The van der Waals surface area contributed by atoms with E-state index in [1.54, 1.807) is 31.3 Å². The predicted octanol–water partition coefficient (Wildman–Crippen LogP) is 4.03. The third-order valence-electron chi connectivity index (χ3n) is 2.85. The van der Waals surface area contributed by atoms with Crippen LogP contribution in [0.1, 0.15) is 28.9 Å². The van der Waals surface area contributed by atoms with Gasteiger partial charge in [0.25, 0.3) is 5.91 Å². The Morgan fingerprint density at radius 3 is 2.85 bits per heavy atom. The molecule has 0 fully saturated rings. The van der Waals surface area contributed by atoms with Crippen LogP contribution in [0.3, 0.4) is 0 Å². The molecule has 0 saturated heterocycles. The van der Waals surface area contributed by atoms with Crippen LogP contribution in [0.25, 0.3) is 0 Å². The Hall–Kier alpha value is -1.72. The summed E-state index contributed by atoms with van der Waals surface area (Å²) in [6.07, 6.45) is 1.66. The lowest BCUT2D eigenvalue weighted by molar-refractivity contribution is 0.0939. The minimum atomic E-state index is -0.487. The van der Waals surface area contributed by atoms with Crippen molar-refractivity contribution in [3.63, 3.8) is 0 Å². The Morgan fingerprint density at radius 1 is 1.45 bits per heavy atom. The second kappa shape index (κ2) is 6.15. The molecule has 1 amide bonds. The average molecular weight is 311 g/mol. The number of rotatable bonds is 3. The Balaban J connectivity index is 2.17. The number of aromatic amines is 1. The zero-order chi connectivity index (χ0) is 14.7. The summed E-state index contributed by atoms with van der Waals surface area (Å²) in [5, 5.41) is 2.82. The molecular formula is C14H12ClFN2OS. The van der Waals surface area contributed by atoms with Crippen molar-refractivity contribution >= 4 is 29.7 Å². The van der Waals surface area contributed by atoms with Gasteiger partial charge in [-0.05, 0) is 36.8 Å². The van der Waals surface area contributed by atoms with E-state index in [1.165, 1.54) is 12.1 Å². The summed E-state index contributed by atoms with van der Waals surface area (Å²) >= 11 is 10.8. The minimum absolute atomic E-state index is 0.0283. The largest absolute Gasteiger partial charge is 0.352 e. The van der Waals surface area contributed by atoms with Gasteiger partial charge in [-0.3, -0.25) is 4.79 Å². The number of H-pyrrole nitrogens is 1. The highest BCUT2D eigenvalue weighted by atomic mass is 35.5. The summed E-state index contributed by atoms with van der Waals surface area (Å²) in [5.41, 5.74) is 1.11. The summed E-state index contributed by atoms with van der Waals surface area (Å²) in [6.45, 7) is 1.79. The molecule has 20 heavy (non-hydrogen) atoms. The van der Waals surface area contributed by atoms with E-state index in [-0.39, 0.29) is 17.0 Å². The first-order valence-electron chi connectivity index (χ1n) is 5.92. The fourth-order valence-corrected chi connectivity index (χ4v) is 2.16. The van der Waals surface area contributed by atoms with Crippen LogP contribution < -0.4 is 5.32 Å². The van der Waals surface area contributed by atoms with Gasteiger partial charge in [0.1, 0.15) is 10.5 Å². The molecule has 0 aliphatic heterocycles. The zero-order valence-corrected chi connectivity index (χ0v) is 12.2. The Bertz CT molecular complexity index is 702. The monoisotopic (exact) mass is 310 g/mol. The van der Waals surface area contributed by atoms with Gasteiger partial charge in [-0.25, -0.2) is 4.39 Å². The fourth-order valence-electron chi connectivity index (χ4n) is 1.74. The number of benzene rings is 1.